The molecule has 2 aromatic carbocycles. The normalized spacial score (nSPS) is 29.5. The van der Waals surface area contributed by atoms with E-state index in [2.05, 4.69) is 0 Å². The van der Waals surface area contributed by atoms with Crippen LogP contribution in [0.15, 0.2) is 36.4 Å². The van der Waals surface area contributed by atoms with Crippen LogP contribution in [0.5, 0.6) is 23.0 Å². The lowest BCUT2D eigenvalue weighted by molar-refractivity contribution is -0.0628. The van der Waals surface area contributed by atoms with Crippen LogP contribution in [0.3, 0.4) is 0 Å². The average Bonchev–Trinajstić information content (AvgIpc) is 3.17. The van der Waals surface area contributed by atoms with Crippen molar-refractivity contribution in [3.05, 3.63) is 47.5 Å². The number of phenolic OH excluding ortho intramolecular Hbond substituents is 2. The van der Waals surface area contributed by atoms with E-state index in [4.69, 9.17) is 18.9 Å². The number of hydrogen-bond donors (Lipinski definition) is 3. The van der Waals surface area contributed by atoms with Gasteiger partial charge < -0.3 is 34.3 Å². The molecule has 2 heterocycles. The quantitative estimate of drug-likeness (QED) is 0.755. The lowest BCUT2D eigenvalue weighted by Gasteiger charge is -2.27. The van der Waals surface area contributed by atoms with Crippen LogP contribution in [0.1, 0.15) is 23.3 Å². The first-order valence-electron chi connectivity index (χ1n) is 8.67. The molecule has 2 fully saturated rings. The molecule has 2 aliphatic heterocycles. The fourth-order valence-corrected chi connectivity index (χ4v) is 4.00. The molecule has 4 atom stereocenters. The Morgan fingerprint density at radius 1 is 0.926 bits per heavy atom. The van der Waals surface area contributed by atoms with Gasteiger partial charge in [0, 0.05) is 5.92 Å². The molecule has 7 nitrogen and oxygen atoms in total. The molecule has 4 rings (SSSR count). The zero-order valence-corrected chi connectivity index (χ0v) is 15.1. The second-order valence-corrected chi connectivity index (χ2v) is 6.91. The Labute approximate surface area is 156 Å². The highest BCUT2D eigenvalue weighted by molar-refractivity contribution is 5.45. The minimum Gasteiger partial charge on any atom is -0.504 e. The van der Waals surface area contributed by atoms with Gasteiger partial charge in [0.15, 0.2) is 23.0 Å². The maximum absolute atomic E-state index is 11.4. The molecule has 0 radical (unpaired) electrons. The van der Waals surface area contributed by atoms with Crippen LogP contribution in [0.4, 0.5) is 0 Å². The number of hydrogen-bond acceptors (Lipinski definition) is 7. The molecule has 144 valence electrons. The molecule has 0 aromatic heterocycles. The Bertz CT molecular complexity index is 852. The summed E-state index contributed by atoms with van der Waals surface area (Å²) in [6.45, 7) is 0.428. The third kappa shape index (κ3) is 2.79. The number of aliphatic hydroxyl groups is 1. The van der Waals surface area contributed by atoms with Gasteiger partial charge in [0.05, 0.1) is 33.5 Å². The van der Waals surface area contributed by atoms with Crippen molar-refractivity contribution in [1.82, 2.24) is 0 Å². The molecule has 0 amide bonds. The first-order chi connectivity index (χ1) is 13.0. The Kier molecular flexibility index (Phi) is 4.38. The van der Waals surface area contributed by atoms with E-state index < -0.39 is 11.7 Å². The van der Waals surface area contributed by atoms with E-state index in [-0.39, 0.29) is 30.1 Å². The van der Waals surface area contributed by atoms with E-state index >= 15 is 0 Å². The topological polar surface area (TPSA) is 97.6 Å². The van der Waals surface area contributed by atoms with Crippen molar-refractivity contribution < 1.29 is 34.3 Å². The van der Waals surface area contributed by atoms with Gasteiger partial charge in [-0.05, 0) is 35.4 Å². The van der Waals surface area contributed by atoms with Crippen molar-refractivity contribution in [3.8, 4) is 23.0 Å². The van der Waals surface area contributed by atoms with E-state index in [1.807, 2.05) is 0 Å². The monoisotopic (exact) mass is 374 g/mol. The predicted molar refractivity (Wildman–Crippen MR) is 95.1 cm³/mol. The van der Waals surface area contributed by atoms with Gasteiger partial charge in [-0.25, -0.2) is 0 Å². The van der Waals surface area contributed by atoms with Crippen LogP contribution < -0.4 is 9.47 Å². The van der Waals surface area contributed by atoms with Crippen LogP contribution in [-0.4, -0.2) is 48.4 Å². The van der Waals surface area contributed by atoms with Crippen LogP contribution in [0, 0.1) is 5.92 Å². The summed E-state index contributed by atoms with van der Waals surface area (Å²) in [6, 6.07) is 9.91. The van der Waals surface area contributed by atoms with Crippen LogP contribution >= 0.6 is 0 Å². The van der Waals surface area contributed by atoms with Gasteiger partial charge in [-0.1, -0.05) is 12.1 Å². The van der Waals surface area contributed by atoms with Gasteiger partial charge in [0.2, 0.25) is 0 Å². The number of phenols is 2. The van der Waals surface area contributed by atoms with Crippen molar-refractivity contribution >= 4 is 0 Å². The number of aromatic hydroxyl groups is 2. The summed E-state index contributed by atoms with van der Waals surface area (Å²) in [5.74, 6) is 0.467. The van der Waals surface area contributed by atoms with E-state index in [1.54, 1.807) is 30.3 Å². The minimum absolute atomic E-state index is 0.0273. The molecule has 2 aromatic rings. The Morgan fingerprint density at radius 2 is 1.52 bits per heavy atom. The Hall–Kier alpha value is -2.48. The average molecular weight is 374 g/mol. The van der Waals surface area contributed by atoms with E-state index in [1.165, 1.54) is 20.3 Å². The lowest BCUT2D eigenvalue weighted by Crippen LogP contribution is -2.39. The van der Waals surface area contributed by atoms with Crippen LogP contribution in [-0.2, 0) is 9.47 Å². The van der Waals surface area contributed by atoms with Gasteiger partial charge in [-0.3, -0.25) is 0 Å². The number of fused-ring (bicyclic) bond motifs is 1. The first kappa shape index (κ1) is 17.9. The van der Waals surface area contributed by atoms with Crippen molar-refractivity contribution in [2.75, 3.05) is 27.4 Å². The summed E-state index contributed by atoms with van der Waals surface area (Å²) >= 11 is 0. The highest BCUT2D eigenvalue weighted by atomic mass is 16.6. The maximum Gasteiger partial charge on any atom is 0.160 e. The molecule has 2 saturated heterocycles. The van der Waals surface area contributed by atoms with Crippen molar-refractivity contribution in [2.24, 2.45) is 5.92 Å². The lowest BCUT2D eigenvalue weighted by atomic mass is 9.81. The smallest absolute Gasteiger partial charge is 0.160 e. The fourth-order valence-electron chi connectivity index (χ4n) is 4.00. The Balaban J connectivity index is 1.64. The van der Waals surface area contributed by atoms with Gasteiger partial charge >= 0.3 is 0 Å². The van der Waals surface area contributed by atoms with Crippen molar-refractivity contribution in [1.29, 1.82) is 0 Å². The summed E-state index contributed by atoms with van der Waals surface area (Å²) in [5.41, 5.74) is 0.304. The third-order valence-corrected chi connectivity index (χ3v) is 5.44. The van der Waals surface area contributed by atoms with Gasteiger partial charge in [0.1, 0.15) is 11.7 Å². The van der Waals surface area contributed by atoms with Gasteiger partial charge in [0.25, 0.3) is 0 Å². The molecule has 0 aliphatic carbocycles. The van der Waals surface area contributed by atoms with Gasteiger partial charge in [-0.15, -0.1) is 0 Å². The number of ether oxygens (including phenoxy) is 4. The molecule has 3 N–H and O–H groups in total. The number of rotatable bonds is 4. The molecule has 0 spiro atoms. The van der Waals surface area contributed by atoms with Crippen LogP contribution in [0.2, 0.25) is 0 Å². The third-order valence-electron chi connectivity index (χ3n) is 5.44. The highest BCUT2D eigenvalue weighted by Gasteiger charge is 2.59. The molecular weight excluding hydrogens is 352 g/mol. The molecule has 0 bridgehead atoms. The maximum atomic E-state index is 11.4. The molecular formula is C20H22O7. The summed E-state index contributed by atoms with van der Waals surface area (Å²) in [6.07, 6.45) is -0.977. The first-order valence-corrected chi connectivity index (χ1v) is 8.67. The van der Waals surface area contributed by atoms with Crippen molar-refractivity contribution in [3.63, 3.8) is 0 Å². The summed E-state index contributed by atoms with van der Waals surface area (Å²) < 4.78 is 22.2. The molecule has 0 unspecified atom stereocenters. The zero-order chi connectivity index (χ0) is 19.2. The number of methoxy groups -OCH3 is 2. The second kappa shape index (κ2) is 6.60. The summed E-state index contributed by atoms with van der Waals surface area (Å²) in [5, 5.41) is 31.0. The predicted octanol–water partition coefficient (Wildman–Crippen LogP) is 2.31. The van der Waals surface area contributed by atoms with Crippen LogP contribution in [0.25, 0.3) is 0 Å². The van der Waals surface area contributed by atoms with Gasteiger partial charge in [-0.2, -0.15) is 0 Å². The highest BCUT2D eigenvalue weighted by Crippen LogP contribution is 2.54. The minimum atomic E-state index is -1.21. The molecule has 0 saturated carbocycles. The number of benzene rings is 2. The summed E-state index contributed by atoms with van der Waals surface area (Å²) in [4.78, 5) is 0. The molecule has 7 heteroatoms. The summed E-state index contributed by atoms with van der Waals surface area (Å²) in [7, 11) is 2.95. The largest absolute Gasteiger partial charge is 0.504 e. The zero-order valence-electron chi connectivity index (χ0n) is 15.1. The molecule has 2 aliphatic rings. The van der Waals surface area contributed by atoms with Crippen molar-refractivity contribution in [2.45, 2.75) is 17.8 Å². The van der Waals surface area contributed by atoms with E-state index in [9.17, 15) is 15.3 Å². The second-order valence-electron chi connectivity index (χ2n) is 6.91. The molecule has 27 heavy (non-hydrogen) atoms. The Morgan fingerprint density at radius 3 is 2.15 bits per heavy atom. The SMILES string of the molecule is COc1cc([C@H]2OC[C@H]3[C@H](c4ccc(O)c(OC)c4)OC[C@]23O)ccc1O. The standard InChI is InChI=1S/C20H22O7/c1-24-16-7-11(3-5-14(16)21)18-13-9-26-19(20(13,23)10-27-18)12-4-6-15(22)17(8-12)25-2/h3-8,13,18-19,21-23H,9-10H2,1-2H3/t13-,18-,19+,20+/m0/s1. The van der Waals surface area contributed by atoms with E-state index in [0.29, 0.717) is 23.7 Å². The van der Waals surface area contributed by atoms with E-state index in [0.717, 1.165) is 5.56 Å². The fraction of sp³-hybridized carbons (Fsp3) is 0.400.